The molecule has 4 nitrogen and oxygen atoms in total. The van der Waals surface area contributed by atoms with Crippen molar-refractivity contribution in [1.29, 1.82) is 0 Å². The number of rotatable bonds is 7. The molecule has 5 heteroatoms. The number of carbonyl (C=O) groups is 1. The van der Waals surface area contributed by atoms with E-state index in [-0.39, 0.29) is 18.3 Å². The van der Waals surface area contributed by atoms with Crippen LogP contribution >= 0.6 is 12.4 Å². The van der Waals surface area contributed by atoms with E-state index in [1.807, 2.05) is 31.2 Å². The zero-order valence-corrected chi connectivity index (χ0v) is 13.2. The predicted molar refractivity (Wildman–Crippen MR) is 85.5 cm³/mol. The van der Waals surface area contributed by atoms with Crippen molar-refractivity contribution >= 4 is 24.0 Å². The first kappa shape index (κ1) is 18.7. The van der Waals surface area contributed by atoms with Gasteiger partial charge in [0, 0.05) is 11.8 Å². The number of nitrogens with one attached hydrogen (secondary N) is 1. The number of amides is 1. The highest BCUT2D eigenvalue weighted by molar-refractivity contribution is 5.94. The second-order valence-corrected chi connectivity index (χ2v) is 5.12. The monoisotopic (exact) mass is 300 g/mol. The average Bonchev–Trinajstić information content (AvgIpc) is 2.37. The minimum atomic E-state index is -0.453. The third-order valence-electron chi connectivity index (χ3n) is 2.62. The van der Waals surface area contributed by atoms with Crippen LogP contribution in [0, 0.1) is 5.92 Å². The third-order valence-corrected chi connectivity index (χ3v) is 2.62. The Morgan fingerprint density at radius 2 is 2.10 bits per heavy atom. The van der Waals surface area contributed by atoms with Crippen molar-refractivity contribution in [3.8, 4) is 5.75 Å². The van der Waals surface area contributed by atoms with E-state index in [2.05, 4.69) is 19.2 Å². The normalized spacial score (nSPS) is 11.7. The van der Waals surface area contributed by atoms with E-state index in [1.165, 1.54) is 0 Å². The zero-order valence-electron chi connectivity index (χ0n) is 12.4. The lowest BCUT2D eigenvalue weighted by molar-refractivity contribution is -0.117. The molecule has 0 saturated carbocycles. The topological polar surface area (TPSA) is 64.4 Å². The van der Waals surface area contributed by atoms with Crippen LogP contribution in [0.4, 0.5) is 5.69 Å². The maximum Gasteiger partial charge on any atom is 0.241 e. The van der Waals surface area contributed by atoms with Crippen LogP contribution in [0.5, 0.6) is 5.75 Å². The Labute approximate surface area is 127 Å². The van der Waals surface area contributed by atoms with Crippen molar-refractivity contribution in [2.24, 2.45) is 11.7 Å². The van der Waals surface area contributed by atoms with Crippen molar-refractivity contribution in [1.82, 2.24) is 0 Å². The number of hydrogen-bond donors (Lipinski definition) is 2. The maximum atomic E-state index is 11.8. The largest absolute Gasteiger partial charge is 0.493 e. The molecule has 1 amide bonds. The molecule has 0 heterocycles. The first-order valence-corrected chi connectivity index (χ1v) is 6.82. The quantitative estimate of drug-likeness (QED) is 0.812. The van der Waals surface area contributed by atoms with Gasteiger partial charge in [-0.15, -0.1) is 12.4 Å². The van der Waals surface area contributed by atoms with E-state index in [0.717, 1.165) is 17.9 Å². The Balaban J connectivity index is 0.00000361. The van der Waals surface area contributed by atoms with Gasteiger partial charge in [-0.1, -0.05) is 33.3 Å². The van der Waals surface area contributed by atoms with E-state index in [4.69, 9.17) is 10.5 Å². The minimum absolute atomic E-state index is 0. The fraction of sp³-hybridized carbons (Fsp3) is 0.533. The second kappa shape index (κ2) is 9.61. The third kappa shape index (κ3) is 6.78. The molecule has 0 aliphatic carbocycles. The van der Waals surface area contributed by atoms with Gasteiger partial charge in [0.05, 0.1) is 12.6 Å². The van der Waals surface area contributed by atoms with Crippen molar-refractivity contribution < 1.29 is 9.53 Å². The highest BCUT2D eigenvalue weighted by Gasteiger charge is 2.12. The Bertz CT molecular complexity index is 411. The molecule has 0 fully saturated rings. The van der Waals surface area contributed by atoms with Gasteiger partial charge < -0.3 is 15.8 Å². The second-order valence-electron chi connectivity index (χ2n) is 5.12. The number of ether oxygens (including phenoxy) is 1. The van der Waals surface area contributed by atoms with Crippen molar-refractivity contribution in [2.45, 2.75) is 39.7 Å². The molecule has 0 aromatic heterocycles. The summed E-state index contributed by atoms with van der Waals surface area (Å²) in [6.45, 7) is 6.85. The Hall–Kier alpha value is -1.26. The fourth-order valence-corrected chi connectivity index (χ4v) is 1.60. The molecule has 0 saturated heterocycles. The minimum Gasteiger partial charge on any atom is -0.493 e. The van der Waals surface area contributed by atoms with E-state index >= 15 is 0 Å². The van der Waals surface area contributed by atoms with E-state index in [0.29, 0.717) is 18.9 Å². The van der Waals surface area contributed by atoms with Crippen LogP contribution in [0.2, 0.25) is 0 Å². The highest BCUT2D eigenvalue weighted by atomic mass is 35.5. The molecule has 1 aromatic carbocycles. The summed E-state index contributed by atoms with van der Waals surface area (Å²) >= 11 is 0. The van der Waals surface area contributed by atoms with Gasteiger partial charge in [0.25, 0.3) is 0 Å². The van der Waals surface area contributed by atoms with Crippen LogP contribution in [-0.2, 0) is 4.79 Å². The summed E-state index contributed by atoms with van der Waals surface area (Å²) in [6, 6.07) is 6.93. The lowest BCUT2D eigenvalue weighted by Crippen LogP contribution is -2.35. The van der Waals surface area contributed by atoms with E-state index in [1.54, 1.807) is 0 Å². The molecule has 0 aliphatic heterocycles. The van der Waals surface area contributed by atoms with Crippen LogP contribution < -0.4 is 15.8 Å². The molecule has 0 spiro atoms. The number of carbonyl (C=O) groups excluding carboxylic acids is 1. The Kier molecular flexibility index (Phi) is 9.01. The average molecular weight is 301 g/mol. The van der Waals surface area contributed by atoms with Crippen molar-refractivity contribution in [2.75, 3.05) is 11.9 Å². The number of hydrogen-bond acceptors (Lipinski definition) is 3. The summed E-state index contributed by atoms with van der Waals surface area (Å²) in [5, 5.41) is 2.81. The first-order valence-electron chi connectivity index (χ1n) is 6.82. The number of nitrogens with two attached hydrogens (primary N) is 1. The van der Waals surface area contributed by atoms with Gasteiger partial charge >= 0.3 is 0 Å². The molecule has 1 rings (SSSR count). The molecule has 114 valence electrons. The zero-order chi connectivity index (χ0) is 14.3. The molecule has 0 bridgehead atoms. The molecule has 3 N–H and O–H groups in total. The summed E-state index contributed by atoms with van der Waals surface area (Å²) in [6.07, 6.45) is 1.58. The summed E-state index contributed by atoms with van der Waals surface area (Å²) in [4.78, 5) is 11.8. The summed E-state index contributed by atoms with van der Waals surface area (Å²) in [5.74, 6) is 1.08. The van der Waals surface area contributed by atoms with E-state index < -0.39 is 6.04 Å². The van der Waals surface area contributed by atoms with Crippen LogP contribution in [0.15, 0.2) is 24.3 Å². The van der Waals surface area contributed by atoms with Gasteiger partial charge in [0.2, 0.25) is 5.91 Å². The summed E-state index contributed by atoms with van der Waals surface area (Å²) in [7, 11) is 0. The number of benzene rings is 1. The van der Waals surface area contributed by atoms with E-state index in [9.17, 15) is 4.79 Å². The molecular weight excluding hydrogens is 276 g/mol. The highest BCUT2D eigenvalue weighted by Crippen LogP contribution is 2.18. The first-order chi connectivity index (χ1) is 9.02. The van der Waals surface area contributed by atoms with Gasteiger partial charge in [-0.25, -0.2) is 0 Å². The predicted octanol–water partition coefficient (Wildman–Crippen LogP) is 3.21. The lowest BCUT2D eigenvalue weighted by Gasteiger charge is -2.13. The molecule has 0 radical (unpaired) electrons. The van der Waals surface area contributed by atoms with Crippen molar-refractivity contribution in [3.05, 3.63) is 24.3 Å². The SMILES string of the molecule is CCCC(N)C(=O)Nc1cccc(OCC(C)C)c1.Cl. The fourth-order valence-electron chi connectivity index (χ4n) is 1.60. The van der Waals surface area contributed by atoms with Crippen LogP contribution in [0.3, 0.4) is 0 Å². The lowest BCUT2D eigenvalue weighted by atomic mass is 10.1. The Morgan fingerprint density at radius 3 is 2.70 bits per heavy atom. The molecule has 20 heavy (non-hydrogen) atoms. The van der Waals surface area contributed by atoms with Crippen LogP contribution in [0.1, 0.15) is 33.6 Å². The van der Waals surface area contributed by atoms with Crippen LogP contribution in [-0.4, -0.2) is 18.6 Å². The number of anilines is 1. The van der Waals surface area contributed by atoms with Gasteiger partial charge in [-0.3, -0.25) is 4.79 Å². The molecule has 1 unspecified atom stereocenters. The van der Waals surface area contributed by atoms with Gasteiger partial charge in [-0.2, -0.15) is 0 Å². The van der Waals surface area contributed by atoms with Gasteiger partial charge in [0.15, 0.2) is 0 Å². The molecule has 0 aliphatic rings. The smallest absolute Gasteiger partial charge is 0.241 e. The van der Waals surface area contributed by atoms with Crippen LogP contribution in [0.25, 0.3) is 0 Å². The van der Waals surface area contributed by atoms with Gasteiger partial charge in [0.1, 0.15) is 5.75 Å². The summed E-state index contributed by atoms with van der Waals surface area (Å²) in [5.41, 5.74) is 6.49. The Morgan fingerprint density at radius 1 is 1.40 bits per heavy atom. The number of halogens is 1. The van der Waals surface area contributed by atoms with Gasteiger partial charge in [-0.05, 0) is 24.5 Å². The standard InChI is InChI=1S/C15H24N2O2.ClH/c1-4-6-14(16)15(18)17-12-7-5-8-13(9-12)19-10-11(2)3;/h5,7-9,11,14H,4,6,10,16H2,1-3H3,(H,17,18);1H. The van der Waals surface area contributed by atoms with Crippen molar-refractivity contribution in [3.63, 3.8) is 0 Å². The molecule has 1 aromatic rings. The maximum absolute atomic E-state index is 11.8. The molecular formula is C15H25ClN2O2. The molecule has 1 atom stereocenters. The summed E-state index contributed by atoms with van der Waals surface area (Å²) < 4.78 is 5.62.